The molecule has 0 unspecified atom stereocenters. The Balaban J connectivity index is 1.63. The number of hydrogen-bond acceptors (Lipinski definition) is 3. The highest BCUT2D eigenvalue weighted by molar-refractivity contribution is 5.77. The molecule has 0 aliphatic heterocycles. The zero-order chi connectivity index (χ0) is 18.9. The Kier molecular flexibility index (Phi) is 6.47. The van der Waals surface area contributed by atoms with Gasteiger partial charge < -0.3 is 14.8 Å². The SMILES string of the molecule is COc1ccccc1OCCC(=O)NC(c1ccccc1)c1ccccc1. The van der Waals surface area contributed by atoms with Crippen LogP contribution in [-0.2, 0) is 4.79 Å². The average molecular weight is 361 g/mol. The Morgan fingerprint density at radius 3 is 1.89 bits per heavy atom. The van der Waals surface area contributed by atoms with Crippen molar-refractivity contribution in [3.8, 4) is 11.5 Å². The van der Waals surface area contributed by atoms with Crippen molar-refractivity contribution in [2.75, 3.05) is 13.7 Å². The molecule has 3 rings (SSSR count). The van der Waals surface area contributed by atoms with E-state index in [1.165, 1.54) is 0 Å². The van der Waals surface area contributed by atoms with Crippen molar-refractivity contribution >= 4 is 5.91 Å². The van der Waals surface area contributed by atoms with Crippen LogP contribution in [0.5, 0.6) is 11.5 Å². The molecule has 0 bridgehead atoms. The Bertz CT molecular complexity index is 810. The van der Waals surface area contributed by atoms with Gasteiger partial charge in [0.15, 0.2) is 11.5 Å². The summed E-state index contributed by atoms with van der Waals surface area (Å²) >= 11 is 0. The number of amides is 1. The maximum atomic E-state index is 12.5. The highest BCUT2D eigenvalue weighted by Crippen LogP contribution is 2.26. The van der Waals surface area contributed by atoms with Gasteiger partial charge in [-0.15, -0.1) is 0 Å². The first-order valence-corrected chi connectivity index (χ1v) is 8.93. The zero-order valence-corrected chi connectivity index (χ0v) is 15.3. The maximum absolute atomic E-state index is 12.5. The van der Waals surface area contributed by atoms with Gasteiger partial charge in [0.1, 0.15) is 0 Å². The van der Waals surface area contributed by atoms with Gasteiger partial charge >= 0.3 is 0 Å². The van der Waals surface area contributed by atoms with Crippen LogP contribution in [0.2, 0.25) is 0 Å². The molecule has 0 spiro atoms. The van der Waals surface area contributed by atoms with Gasteiger partial charge in [0.2, 0.25) is 5.91 Å². The van der Waals surface area contributed by atoms with Gasteiger partial charge in [0, 0.05) is 0 Å². The van der Waals surface area contributed by atoms with E-state index < -0.39 is 0 Å². The Morgan fingerprint density at radius 2 is 1.33 bits per heavy atom. The summed E-state index contributed by atoms with van der Waals surface area (Å²) in [5.74, 6) is 1.22. The van der Waals surface area contributed by atoms with Crippen LogP contribution in [0.4, 0.5) is 0 Å². The van der Waals surface area contributed by atoms with Crippen LogP contribution in [0.3, 0.4) is 0 Å². The molecule has 4 heteroatoms. The zero-order valence-electron chi connectivity index (χ0n) is 15.3. The van der Waals surface area contributed by atoms with Crippen molar-refractivity contribution in [3.05, 3.63) is 96.1 Å². The number of benzene rings is 3. The highest BCUT2D eigenvalue weighted by atomic mass is 16.5. The van der Waals surface area contributed by atoms with E-state index in [9.17, 15) is 4.79 Å². The molecule has 0 saturated carbocycles. The number of rotatable bonds is 8. The molecule has 1 amide bonds. The van der Waals surface area contributed by atoms with Crippen LogP contribution in [0.15, 0.2) is 84.9 Å². The van der Waals surface area contributed by atoms with E-state index in [1.54, 1.807) is 7.11 Å². The minimum absolute atomic E-state index is 0.0670. The third-order valence-electron chi connectivity index (χ3n) is 4.23. The van der Waals surface area contributed by atoms with Crippen LogP contribution >= 0.6 is 0 Å². The summed E-state index contributed by atoms with van der Waals surface area (Å²) in [5, 5.41) is 3.11. The first-order valence-electron chi connectivity index (χ1n) is 8.93. The van der Waals surface area contributed by atoms with E-state index >= 15 is 0 Å². The van der Waals surface area contributed by atoms with E-state index in [1.807, 2.05) is 84.9 Å². The van der Waals surface area contributed by atoms with Crippen molar-refractivity contribution in [1.29, 1.82) is 0 Å². The van der Waals surface area contributed by atoms with Crippen molar-refractivity contribution in [3.63, 3.8) is 0 Å². The molecule has 0 aromatic heterocycles. The second kappa shape index (κ2) is 9.43. The van der Waals surface area contributed by atoms with E-state index in [0.29, 0.717) is 11.5 Å². The number of carbonyl (C=O) groups is 1. The Morgan fingerprint density at radius 1 is 0.815 bits per heavy atom. The molecule has 0 radical (unpaired) electrons. The van der Waals surface area contributed by atoms with Crippen LogP contribution in [0.1, 0.15) is 23.6 Å². The first kappa shape index (κ1) is 18.5. The highest BCUT2D eigenvalue weighted by Gasteiger charge is 2.16. The minimum Gasteiger partial charge on any atom is -0.493 e. The molecule has 0 heterocycles. The molecular formula is C23H23NO3. The van der Waals surface area contributed by atoms with Crippen molar-refractivity contribution in [1.82, 2.24) is 5.32 Å². The molecular weight excluding hydrogens is 338 g/mol. The second-order valence-electron chi connectivity index (χ2n) is 6.07. The van der Waals surface area contributed by atoms with E-state index in [4.69, 9.17) is 9.47 Å². The number of nitrogens with one attached hydrogen (secondary N) is 1. The maximum Gasteiger partial charge on any atom is 0.224 e. The van der Waals surface area contributed by atoms with Gasteiger partial charge in [-0.3, -0.25) is 4.79 Å². The normalized spacial score (nSPS) is 10.4. The van der Waals surface area contributed by atoms with Gasteiger partial charge in [-0.05, 0) is 23.3 Å². The molecule has 0 aliphatic carbocycles. The molecule has 27 heavy (non-hydrogen) atoms. The van der Waals surface area contributed by atoms with Crippen LogP contribution < -0.4 is 14.8 Å². The van der Waals surface area contributed by atoms with Crippen molar-refractivity contribution in [2.24, 2.45) is 0 Å². The lowest BCUT2D eigenvalue weighted by Gasteiger charge is -2.20. The summed E-state index contributed by atoms with van der Waals surface area (Å²) in [4.78, 5) is 12.5. The largest absolute Gasteiger partial charge is 0.493 e. The number of carbonyl (C=O) groups excluding carboxylic acids is 1. The molecule has 0 fully saturated rings. The minimum atomic E-state index is -0.189. The predicted octanol–water partition coefficient (Wildman–Crippen LogP) is 4.37. The lowest BCUT2D eigenvalue weighted by molar-refractivity contribution is -0.122. The standard InChI is InChI=1S/C23H23NO3/c1-26-20-14-8-9-15-21(20)27-17-16-22(25)24-23(18-10-4-2-5-11-18)19-12-6-3-7-13-19/h2-15,23H,16-17H2,1H3,(H,24,25). The molecule has 3 aromatic rings. The number of hydrogen-bond donors (Lipinski definition) is 1. The fraction of sp³-hybridized carbons (Fsp3) is 0.174. The van der Waals surface area contributed by atoms with Gasteiger partial charge in [-0.2, -0.15) is 0 Å². The van der Waals surface area contributed by atoms with Crippen LogP contribution in [0.25, 0.3) is 0 Å². The average Bonchev–Trinajstić information content (AvgIpc) is 2.73. The lowest BCUT2D eigenvalue weighted by Crippen LogP contribution is -2.30. The summed E-state index contributed by atoms with van der Waals surface area (Å²) in [7, 11) is 1.60. The third kappa shape index (κ3) is 5.11. The van der Waals surface area contributed by atoms with Crippen LogP contribution in [-0.4, -0.2) is 19.6 Å². The molecule has 0 atom stereocenters. The molecule has 0 saturated heterocycles. The topological polar surface area (TPSA) is 47.6 Å². The fourth-order valence-corrected chi connectivity index (χ4v) is 2.87. The Hall–Kier alpha value is -3.27. The van der Waals surface area contributed by atoms with Crippen molar-refractivity contribution < 1.29 is 14.3 Å². The number of ether oxygens (including phenoxy) is 2. The smallest absolute Gasteiger partial charge is 0.224 e. The quantitative estimate of drug-likeness (QED) is 0.648. The number of para-hydroxylation sites is 2. The van der Waals surface area contributed by atoms with Gasteiger partial charge in [-0.1, -0.05) is 72.8 Å². The first-order chi connectivity index (χ1) is 13.3. The predicted molar refractivity (Wildman–Crippen MR) is 106 cm³/mol. The third-order valence-corrected chi connectivity index (χ3v) is 4.23. The van der Waals surface area contributed by atoms with Crippen molar-refractivity contribution in [2.45, 2.75) is 12.5 Å². The van der Waals surface area contributed by atoms with E-state index in [-0.39, 0.29) is 25.0 Å². The molecule has 4 nitrogen and oxygen atoms in total. The molecule has 3 aromatic carbocycles. The Labute approximate surface area is 159 Å². The monoisotopic (exact) mass is 361 g/mol. The second-order valence-corrected chi connectivity index (χ2v) is 6.07. The van der Waals surface area contributed by atoms with Gasteiger partial charge in [-0.25, -0.2) is 0 Å². The van der Waals surface area contributed by atoms with E-state index in [2.05, 4.69) is 5.32 Å². The van der Waals surface area contributed by atoms with E-state index in [0.717, 1.165) is 11.1 Å². The summed E-state index contributed by atoms with van der Waals surface area (Å²) in [5.41, 5.74) is 2.09. The van der Waals surface area contributed by atoms with Gasteiger partial charge in [0.25, 0.3) is 0 Å². The lowest BCUT2D eigenvalue weighted by atomic mass is 9.98. The summed E-state index contributed by atoms with van der Waals surface area (Å²) in [6.45, 7) is 0.280. The number of methoxy groups -OCH3 is 1. The molecule has 138 valence electrons. The summed E-state index contributed by atoms with van der Waals surface area (Å²) in [6, 6.07) is 27.1. The molecule has 0 aliphatic rings. The molecule has 1 N–H and O–H groups in total. The summed E-state index contributed by atoms with van der Waals surface area (Å²) in [6.07, 6.45) is 0.258. The fourth-order valence-electron chi connectivity index (χ4n) is 2.87. The van der Waals surface area contributed by atoms with Crippen LogP contribution in [0, 0.1) is 0 Å². The summed E-state index contributed by atoms with van der Waals surface area (Å²) < 4.78 is 11.0. The van der Waals surface area contributed by atoms with Gasteiger partial charge in [0.05, 0.1) is 26.2 Å².